The van der Waals surface area contributed by atoms with Gasteiger partial charge < -0.3 is 15.7 Å². The molecule has 0 aromatic heterocycles. The van der Waals surface area contributed by atoms with E-state index in [0.717, 1.165) is 0 Å². The third kappa shape index (κ3) is 4.56. The van der Waals surface area contributed by atoms with Crippen LogP contribution in [0.1, 0.15) is 19.3 Å². The van der Waals surface area contributed by atoms with Gasteiger partial charge in [-0.3, -0.25) is 19.7 Å². The van der Waals surface area contributed by atoms with Gasteiger partial charge in [0.1, 0.15) is 5.69 Å². The van der Waals surface area contributed by atoms with Crippen LogP contribution in [0.2, 0.25) is 0 Å². The molecule has 0 aliphatic rings. The van der Waals surface area contributed by atoms with Crippen LogP contribution in [0.3, 0.4) is 0 Å². The van der Waals surface area contributed by atoms with Gasteiger partial charge in [0.2, 0.25) is 5.91 Å². The molecule has 8 nitrogen and oxygen atoms in total. The average Bonchev–Trinajstić information content (AvgIpc) is 2.38. The topological polar surface area (TPSA) is 122 Å². The normalized spacial score (nSPS) is 9.85. The summed E-state index contributed by atoms with van der Waals surface area (Å²) in [4.78, 5) is 32.2. The Kier molecular flexibility index (Phi) is 5.45. The van der Waals surface area contributed by atoms with Crippen LogP contribution in [-0.2, 0) is 9.59 Å². The van der Waals surface area contributed by atoms with Crippen LogP contribution < -0.4 is 10.6 Å². The molecule has 0 unspecified atom stereocenters. The molecule has 8 heteroatoms. The lowest BCUT2D eigenvalue weighted by Gasteiger charge is -2.07. The summed E-state index contributed by atoms with van der Waals surface area (Å²) in [6.45, 7) is 0. The summed E-state index contributed by atoms with van der Waals surface area (Å²) in [6.07, 6.45) is 0.179. The molecule has 0 saturated heterocycles. The minimum atomic E-state index is -0.966. The van der Waals surface area contributed by atoms with Crippen LogP contribution in [0, 0.1) is 10.1 Å². The van der Waals surface area contributed by atoms with Crippen LogP contribution in [-0.4, -0.2) is 29.0 Å². The first kappa shape index (κ1) is 15.4. The lowest BCUT2D eigenvalue weighted by molar-refractivity contribution is -0.383. The monoisotopic (exact) mass is 281 g/mol. The predicted molar refractivity (Wildman–Crippen MR) is 72.8 cm³/mol. The minimum Gasteiger partial charge on any atom is -0.481 e. The van der Waals surface area contributed by atoms with Crippen molar-refractivity contribution in [1.29, 1.82) is 0 Å². The number of amides is 1. The Morgan fingerprint density at radius 2 is 2.05 bits per heavy atom. The number of nitrogens with zero attached hydrogens (tertiary/aromatic N) is 1. The van der Waals surface area contributed by atoms with Crippen molar-refractivity contribution in [1.82, 2.24) is 0 Å². The van der Waals surface area contributed by atoms with Crippen molar-refractivity contribution >= 4 is 28.9 Å². The highest BCUT2D eigenvalue weighted by molar-refractivity contribution is 5.91. The van der Waals surface area contributed by atoms with E-state index in [0.29, 0.717) is 11.4 Å². The lowest BCUT2D eigenvalue weighted by atomic mass is 10.2. The first-order valence-electron chi connectivity index (χ1n) is 5.92. The molecule has 1 amide bonds. The van der Waals surface area contributed by atoms with Crippen molar-refractivity contribution in [2.75, 3.05) is 17.7 Å². The zero-order valence-corrected chi connectivity index (χ0v) is 10.9. The third-order valence-corrected chi connectivity index (χ3v) is 2.54. The number of nitro groups is 1. The van der Waals surface area contributed by atoms with Crippen molar-refractivity contribution in [3.8, 4) is 0 Å². The number of carbonyl (C=O) groups is 2. The summed E-state index contributed by atoms with van der Waals surface area (Å²) in [5.74, 6) is -1.34. The number of nitrogens with one attached hydrogen (secondary N) is 2. The fourth-order valence-corrected chi connectivity index (χ4v) is 1.60. The highest BCUT2D eigenvalue weighted by atomic mass is 16.6. The second-order valence-electron chi connectivity index (χ2n) is 4.03. The maximum absolute atomic E-state index is 11.5. The minimum absolute atomic E-state index is 0.0495. The molecule has 0 heterocycles. The van der Waals surface area contributed by atoms with E-state index in [4.69, 9.17) is 5.11 Å². The zero-order chi connectivity index (χ0) is 15.1. The highest BCUT2D eigenvalue weighted by Gasteiger charge is 2.14. The Morgan fingerprint density at radius 3 is 2.60 bits per heavy atom. The van der Waals surface area contributed by atoms with E-state index in [1.54, 1.807) is 7.05 Å². The maximum Gasteiger partial charge on any atom is 0.303 e. The molecule has 108 valence electrons. The van der Waals surface area contributed by atoms with Crippen LogP contribution in [0.25, 0.3) is 0 Å². The van der Waals surface area contributed by atoms with Gasteiger partial charge in [0.05, 0.1) is 4.92 Å². The molecular formula is C12H15N3O5. The van der Waals surface area contributed by atoms with E-state index >= 15 is 0 Å². The van der Waals surface area contributed by atoms with E-state index in [2.05, 4.69) is 10.6 Å². The Bertz CT molecular complexity index is 530. The summed E-state index contributed by atoms with van der Waals surface area (Å²) >= 11 is 0. The Labute approximate surface area is 114 Å². The number of carboxylic acid groups (broad SMARTS) is 1. The summed E-state index contributed by atoms with van der Waals surface area (Å²) in [5, 5.41) is 24.5. The number of nitro benzene ring substituents is 1. The molecule has 1 aromatic rings. The van der Waals surface area contributed by atoms with E-state index in [9.17, 15) is 19.7 Å². The van der Waals surface area contributed by atoms with Gasteiger partial charge in [-0.25, -0.2) is 0 Å². The fourth-order valence-electron chi connectivity index (χ4n) is 1.60. The lowest BCUT2D eigenvalue weighted by Crippen LogP contribution is -2.12. The molecule has 1 rings (SSSR count). The molecule has 0 aliphatic heterocycles. The standard InChI is InChI=1S/C12H15N3O5/c1-13-9-6-5-8(7-10(9)15(19)20)14-11(16)3-2-4-12(17)18/h5-7,13H,2-4H2,1H3,(H,14,16)(H,17,18). The van der Waals surface area contributed by atoms with Crippen LogP contribution in [0.5, 0.6) is 0 Å². The molecule has 20 heavy (non-hydrogen) atoms. The average molecular weight is 281 g/mol. The Balaban J connectivity index is 2.68. The summed E-state index contributed by atoms with van der Waals surface area (Å²) in [7, 11) is 1.56. The van der Waals surface area contributed by atoms with Crippen LogP contribution in [0.15, 0.2) is 18.2 Å². The van der Waals surface area contributed by atoms with Gasteiger partial charge in [-0.2, -0.15) is 0 Å². The van der Waals surface area contributed by atoms with Gasteiger partial charge in [-0.15, -0.1) is 0 Å². The molecule has 3 N–H and O–H groups in total. The maximum atomic E-state index is 11.5. The summed E-state index contributed by atoms with van der Waals surface area (Å²) < 4.78 is 0. The van der Waals surface area contributed by atoms with Gasteiger partial charge in [0.25, 0.3) is 5.69 Å². The number of hydrogen-bond acceptors (Lipinski definition) is 5. The molecular weight excluding hydrogens is 266 g/mol. The van der Waals surface area contributed by atoms with Crippen LogP contribution in [0.4, 0.5) is 17.1 Å². The second kappa shape index (κ2) is 7.07. The van der Waals surface area contributed by atoms with Crippen molar-refractivity contribution < 1.29 is 19.6 Å². The molecule has 0 atom stereocenters. The first-order valence-corrected chi connectivity index (χ1v) is 5.92. The SMILES string of the molecule is CNc1ccc(NC(=O)CCCC(=O)O)cc1[N+](=O)[O-]. The number of anilines is 2. The van der Waals surface area contributed by atoms with Gasteiger partial charge in [-0.1, -0.05) is 0 Å². The van der Waals surface area contributed by atoms with Crippen LogP contribution >= 0.6 is 0 Å². The van der Waals surface area contributed by atoms with E-state index in [1.165, 1.54) is 18.2 Å². The largest absolute Gasteiger partial charge is 0.481 e. The zero-order valence-electron chi connectivity index (χ0n) is 10.9. The number of rotatable bonds is 7. The van der Waals surface area contributed by atoms with Gasteiger partial charge in [0.15, 0.2) is 0 Å². The second-order valence-corrected chi connectivity index (χ2v) is 4.03. The molecule has 1 aromatic carbocycles. The molecule has 0 bridgehead atoms. The van der Waals surface area contributed by atoms with Crippen molar-refractivity contribution in [2.24, 2.45) is 0 Å². The van der Waals surface area contributed by atoms with Gasteiger partial charge in [0, 0.05) is 31.6 Å². The van der Waals surface area contributed by atoms with E-state index < -0.39 is 10.9 Å². The molecule has 0 spiro atoms. The van der Waals surface area contributed by atoms with Gasteiger partial charge in [-0.05, 0) is 18.6 Å². The third-order valence-electron chi connectivity index (χ3n) is 2.54. The smallest absolute Gasteiger partial charge is 0.303 e. The molecule has 0 radical (unpaired) electrons. The van der Waals surface area contributed by atoms with E-state index in [1.807, 2.05) is 0 Å². The molecule has 0 aliphatic carbocycles. The number of carbonyl (C=O) groups excluding carboxylic acids is 1. The van der Waals surface area contributed by atoms with Crippen molar-refractivity contribution in [2.45, 2.75) is 19.3 Å². The number of aliphatic carboxylic acids is 1. The summed E-state index contributed by atoms with van der Waals surface area (Å²) in [6, 6.07) is 4.28. The van der Waals surface area contributed by atoms with Crippen molar-refractivity contribution in [3.05, 3.63) is 28.3 Å². The van der Waals surface area contributed by atoms with E-state index in [-0.39, 0.29) is 30.9 Å². The predicted octanol–water partition coefficient (Wildman–Crippen LogP) is 1.83. The summed E-state index contributed by atoms with van der Waals surface area (Å²) in [5.41, 5.74) is 0.505. The molecule has 0 fully saturated rings. The number of hydrogen-bond donors (Lipinski definition) is 3. The van der Waals surface area contributed by atoms with Crippen molar-refractivity contribution in [3.63, 3.8) is 0 Å². The Morgan fingerprint density at radius 1 is 1.35 bits per heavy atom. The fraction of sp³-hybridized carbons (Fsp3) is 0.333. The Hall–Kier alpha value is -2.64. The highest BCUT2D eigenvalue weighted by Crippen LogP contribution is 2.27. The quantitative estimate of drug-likeness (QED) is 0.517. The number of benzene rings is 1. The first-order chi connectivity index (χ1) is 9.43. The van der Waals surface area contributed by atoms with Gasteiger partial charge >= 0.3 is 5.97 Å². The number of carboxylic acids is 1. The molecule has 0 saturated carbocycles.